The van der Waals surface area contributed by atoms with Gasteiger partial charge in [0.15, 0.2) is 5.82 Å². The molecule has 7 heterocycles. The number of pyridine rings is 1. The number of halogens is 5. The van der Waals surface area contributed by atoms with Crippen molar-refractivity contribution in [1.29, 1.82) is 0 Å². The molecule has 2 bridgehead atoms. The van der Waals surface area contributed by atoms with E-state index >= 15 is 4.39 Å². The number of nitrogens with zero attached hydrogens (tertiary/aromatic N) is 5. The molecule has 3 N–H and O–H groups in total. The van der Waals surface area contributed by atoms with Crippen molar-refractivity contribution < 1.29 is 36.2 Å². The Balaban J connectivity index is 1.29. The zero-order chi connectivity index (χ0) is 31.2. The fourth-order valence-corrected chi connectivity index (χ4v) is 7.93. The number of piperazine rings is 1. The van der Waals surface area contributed by atoms with Gasteiger partial charge in [0.05, 0.1) is 19.3 Å². The largest absolute Gasteiger partial charge is 0.472 e. The van der Waals surface area contributed by atoms with Crippen LogP contribution in [0, 0.1) is 11.6 Å². The molecule has 3 aromatic rings. The first-order valence-electron chi connectivity index (χ1n) is 15.3. The third-order valence-corrected chi connectivity index (χ3v) is 9.86. The number of ether oxygens (including phenoxy) is 3. The molecule has 45 heavy (non-hydrogen) atoms. The molecule has 5 aliphatic heterocycles. The summed E-state index contributed by atoms with van der Waals surface area (Å²) in [5.41, 5.74) is 1.81. The van der Waals surface area contributed by atoms with Crippen LogP contribution < -0.4 is 25.4 Å². The standard InChI is InChI=1S/C30H32F5N7O3/c1-13-26-20-5-2-15(37-20)10-42(26)27-21-25(39-29(40-27)44-12-17-4-3-16-11-43-7-6-41(16)17)23(32)24(38-28(21)45-13)18-8-14(36)9-19(31)22(18)30(33,34)35/h8-9,13,15-17,20,26,37H,2-7,10-12,36H2,1H3/t13-,15+,16-,17-,20-,26+/m0/s1. The number of hydrogen-bond donors (Lipinski definition) is 2. The minimum atomic E-state index is -5.16. The van der Waals surface area contributed by atoms with E-state index in [0.717, 1.165) is 38.3 Å². The van der Waals surface area contributed by atoms with Gasteiger partial charge in [-0.05, 0) is 44.7 Å². The van der Waals surface area contributed by atoms with E-state index in [0.29, 0.717) is 37.7 Å². The van der Waals surface area contributed by atoms with Gasteiger partial charge in [0.25, 0.3) is 0 Å². The summed E-state index contributed by atoms with van der Waals surface area (Å²) in [5.74, 6) is -2.60. The van der Waals surface area contributed by atoms with Crippen molar-refractivity contribution in [3.05, 3.63) is 29.3 Å². The second-order valence-corrected chi connectivity index (χ2v) is 12.6. The van der Waals surface area contributed by atoms with E-state index in [1.807, 2.05) is 6.92 Å². The molecule has 4 fully saturated rings. The van der Waals surface area contributed by atoms with Crippen molar-refractivity contribution in [3.63, 3.8) is 0 Å². The Bertz CT molecular complexity index is 1680. The third-order valence-electron chi connectivity index (χ3n) is 9.86. The zero-order valence-corrected chi connectivity index (χ0v) is 24.4. The molecule has 0 saturated carbocycles. The van der Waals surface area contributed by atoms with Crippen LogP contribution in [0.15, 0.2) is 12.1 Å². The van der Waals surface area contributed by atoms with Crippen LogP contribution >= 0.6 is 0 Å². The van der Waals surface area contributed by atoms with E-state index < -0.39 is 40.7 Å². The second-order valence-electron chi connectivity index (χ2n) is 12.6. The lowest BCUT2D eigenvalue weighted by atomic mass is 9.99. The van der Waals surface area contributed by atoms with Crippen LogP contribution in [0.2, 0.25) is 0 Å². The topological polar surface area (TPSA) is 111 Å². The van der Waals surface area contributed by atoms with Crippen LogP contribution in [0.25, 0.3) is 22.2 Å². The molecule has 1 aromatic carbocycles. The van der Waals surface area contributed by atoms with Crippen LogP contribution in [0.4, 0.5) is 33.5 Å². The Kier molecular flexibility index (Phi) is 6.73. The number of hydrogen-bond acceptors (Lipinski definition) is 10. The summed E-state index contributed by atoms with van der Waals surface area (Å²) < 4.78 is 91.9. The highest BCUT2D eigenvalue weighted by Gasteiger charge is 2.48. The van der Waals surface area contributed by atoms with E-state index in [1.54, 1.807) is 0 Å². The minimum Gasteiger partial charge on any atom is -0.472 e. The van der Waals surface area contributed by atoms with E-state index in [-0.39, 0.29) is 59.3 Å². The first-order valence-corrected chi connectivity index (χ1v) is 15.3. The van der Waals surface area contributed by atoms with Gasteiger partial charge in [-0.1, -0.05) is 0 Å². The molecule has 10 nitrogen and oxygen atoms in total. The average molecular weight is 634 g/mol. The normalized spacial score (nSPS) is 29.3. The number of benzene rings is 1. The van der Waals surface area contributed by atoms with Crippen LogP contribution in [0.1, 0.15) is 38.2 Å². The maximum Gasteiger partial charge on any atom is 0.419 e. The lowest BCUT2D eigenvalue weighted by Crippen LogP contribution is -2.62. The van der Waals surface area contributed by atoms with Gasteiger partial charge < -0.3 is 30.2 Å². The minimum absolute atomic E-state index is 0.0448. The lowest BCUT2D eigenvalue weighted by molar-refractivity contribution is -0.139. The molecule has 240 valence electrons. The van der Waals surface area contributed by atoms with Crippen LogP contribution in [-0.4, -0.2) is 89.1 Å². The molecule has 5 aliphatic rings. The number of rotatable bonds is 4. The molecular formula is C30H32F5N7O3. The number of nitrogens with one attached hydrogen (secondary N) is 1. The lowest BCUT2D eigenvalue weighted by Gasteiger charge is -2.42. The average Bonchev–Trinajstić information content (AvgIpc) is 3.55. The SMILES string of the molecule is C[C@@H]1Oc2nc(-c3cc(N)cc(F)c3C(F)(F)F)c(F)c3nc(OC[C@@H]4CC[C@H]5COCCN54)nc(c23)N2C[C@H]3CC[C@H](N3)[C@@H]12. The summed E-state index contributed by atoms with van der Waals surface area (Å²) in [6.07, 6.45) is -1.98. The van der Waals surface area contributed by atoms with E-state index in [4.69, 9.17) is 24.9 Å². The van der Waals surface area contributed by atoms with Crippen molar-refractivity contribution >= 4 is 22.4 Å². The summed E-state index contributed by atoms with van der Waals surface area (Å²) in [5, 5.41) is 3.74. The Morgan fingerprint density at radius 3 is 2.78 bits per heavy atom. The Morgan fingerprint density at radius 1 is 1.11 bits per heavy atom. The molecule has 6 atom stereocenters. The van der Waals surface area contributed by atoms with Gasteiger partial charge in [-0.15, -0.1) is 0 Å². The van der Waals surface area contributed by atoms with E-state index in [1.165, 1.54) is 0 Å². The number of anilines is 2. The number of nitrogens with two attached hydrogens (primary N) is 1. The Hall–Kier alpha value is -3.56. The molecule has 0 aliphatic carbocycles. The second kappa shape index (κ2) is 10.5. The first kappa shape index (κ1) is 28.9. The number of alkyl halides is 3. The zero-order valence-electron chi connectivity index (χ0n) is 24.4. The Morgan fingerprint density at radius 2 is 1.96 bits per heavy atom. The molecule has 4 saturated heterocycles. The van der Waals surface area contributed by atoms with E-state index in [2.05, 4.69) is 25.1 Å². The van der Waals surface area contributed by atoms with Crippen molar-refractivity contribution in [3.8, 4) is 23.1 Å². The van der Waals surface area contributed by atoms with Gasteiger partial charge >= 0.3 is 12.2 Å². The number of fused-ring (bicyclic) bond motifs is 6. The smallest absolute Gasteiger partial charge is 0.419 e. The van der Waals surface area contributed by atoms with Crippen LogP contribution in [0.3, 0.4) is 0 Å². The van der Waals surface area contributed by atoms with Gasteiger partial charge in [0.1, 0.15) is 46.5 Å². The molecule has 0 spiro atoms. The summed E-state index contributed by atoms with van der Waals surface area (Å²) in [6, 6.07) is 1.69. The quantitative estimate of drug-likeness (QED) is 0.324. The molecule has 2 aromatic heterocycles. The molecular weight excluding hydrogens is 601 g/mol. The summed E-state index contributed by atoms with van der Waals surface area (Å²) in [4.78, 5) is 17.8. The third kappa shape index (κ3) is 4.73. The van der Waals surface area contributed by atoms with Gasteiger partial charge in [0.2, 0.25) is 5.88 Å². The Labute approximate surface area is 255 Å². The highest BCUT2D eigenvalue weighted by Crippen LogP contribution is 2.46. The predicted molar refractivity (Wildman–Crippen MR) is 153 cm³/mol. The monoisotopic (exact) mass is 633 g/mol. The molecule has 8 rings (SSSR count). The highest BCUT2D eigenvalue weighted by atomic mass is 19.4. The highest BCUT2D eigenvalue weighted by molar-refractivity contribution is 5.97. The maximum atomic E-state index is 16.6. The molecule has 0 unspecified atom stereocenters. The van der Waals surface area contributed by atoms with Gasteiger partial charge in [-0.2, -0.15) is 23.1 Å². The predicted octanol–water partition coefficient (Wildman–Crippen LogP) is 3.90. The van der Waals surface area contributed by atoms with Crippen LogP contribution in [0.5, 0.6) is 11.9 Å². The fourth-order valence-electron chi connectivity index (χ4n) is 7.93. The summed E-state index contributed by atoms with van der Waals surface area (Å²) in [7, 11) is 0. The molecule has 15 heteroatoms. The first-order chi connectivity index (χ1) is 21.6. The van der Waals surface area contributed by atoms with E-state index in [9.17, 15) is 17.6 Å². The summed E-state index contributed by atoms with van der Waals surface area (Å²) in [6.45, 7) is 4.70. The van der Waals surface area contributed by atoms with Crippen molar-refractivity contribution in [2.45, 2.75) is 75.1 Å². The van der Waals surface area contributed by atoms with Crippen molar-refractivity contribution in [2.75, 3.05) is 43.5 Å². The summed E-state index contributed by atoms with van der Waals surface area (Å²) >= 11 is 0. The fraction of sp³-hybridized carbons (Fsp3) is 0.567. The molecule has 0 amide bonds. The van der Waals surface area contributed by atoms with Crippen molar-refractivity contribution in [1.82, 2.24) is 25.2 Å². The van der Waals surface area contributed by atoms with Gasteiger partial charge in [0, 0.05) is 48.5 Å². The number of nitrogen functional groups attached to an aromatic ring is 1. The number of morpholine rings is 1. The van der Waals surface area contributed by atoms with Crippen LogP contribution in [-0.2, 0) is 10.9 Å². The van der Waals surface area contributed by atoms with Crippen molar-refractivity contribution in [2.24, 2.45) is 0 Å². The maximum absolute atomic E-state index is 16.6. The number of aromatic nitrogens is 3. The van der Waals surface area contributed by atoms with Gasteiger partial charge in [-0.25, -0.2) is 13.8 Å². The van der Waals surface area contributed by atoms with Gasteiger partial charge in [-0.3, -0.25) is 4.90 Å². The molecule has 0 radical (unpaired) electrons.